The summed E-state index contributed by atoms with van der Waals surface area (Å²) in [5.74, 6) is -0.504. The molecule has 180 valence electrons. The molecule has 3 aromatic rings. The summed E-state index contributed by atoms with van der Waals surface area (Å²) in [6.45, 7) is 0. The Morgan fingerprint density at radius 1 is 0.892 bits per heavy atom. The number of hydrogen-bond donors (Lipinski definition) is 3. The van der Waals surface area contributed by atoms with Crippen molar-refractivity contribution in [3.8, 4) is 33.6 Å². The molecule has 37 heavy (non-hydrogen) atoms. The number of hydrogen-bond acceptors (Lipinski definition) is 4. The van der Waals surface area contributed by atoms with Gasteiger partial charge in [0.25, 0.3) is 0 Å². The molecule has 0 spiro atoms. The van der Waals surface area contributed by atoms with Crippen LogP contribution in [0.4, 0.5) is 5.69 Å². The van der Waals surface area contributed by atoms with Crippen molar-refractivity contribution in [2.24, 2.45) is 0 Å². The molecule has 1 aliphatic heterocycles. The van der Waals surface area contributed by atoms with Crippen LogP contribution in [0.5, 0.6) is 0 Å². The molecule has 0 saturated carbocycles. The fourth-order valence-electron chi connectivity index (χ4n) is 5.14. The number of allylic oxidation sites excluding steroid dienone is 4. The van der Waals surface area contributed by atoms with Gasteiger partial charge in [0.2, 0.25) is 0 Å². The van der Waals surface area contributed by atoms with Gasteiger partial charge < -0.3 is 20.7 Å². The zero-order valence-corrected chi connectivity index (χ0v) is 20.0. The van der Waals surface area contributed by atoms with Crippen LogP contribution < -0.4 is 11.1 Å². The first kappa shape index (κ1) is 22.6. The van der Waals surface area contributed by atoms with Crippen molar-refractivity contribution >= 4 is 28.2 Å². The smallest absolute Gasteiger partial charge is 0.336 e. The third-order valence-corrected chi connectivity index (χ3v) is 6.84. The Hall–Kier alpha value is -4.90. The molecule has 6 rings (SSSR count). The van der Waals surface area contributed by atoms with Gasteiger partial charge >= 0.3 is 5.97 Å². The Balaban J connectivity index is 1.79. The van der Waals surface area contributed by atoms with E-state index < -0.39 is 5.97 Å². The summed E-state index contributed by atoms with van der Waals surface area (Å²) >= 11 is 0. The van der Waals surface area contributed by atoms with E-state index in [2.05, 4.69) is 18.2 Å². The summed E-state index contributed by atoms with van der Waals surface area (Å²) in [6.07, 6.45) is 8.10. The molecule has 0 bridgehead atoms. The first-order valence-corrected chi connectivity index (χ1v) is 12.1. The van der Waals surface area contributed by atoms with E-state index in [0.29, 0.717) is 33.5 Å². The molecular formula is C32H24N2O3. The average Bonchev–Trinajstić information content (AvgIpc) is 2.91. The van der Waals surface area contributed by atoms with Gasteiger partial charge in [-0.2, -0.15) is 0 Å². The van der Waals surface area contributed by atoms with Gasteiger partial charge in [0.1, 0.15) is 11.3 Å². The molecule has 0 amide bonds. The number of benzene rings is 4. The van der Waals surface area contributed by atoms with Gasteiger partial charge in [-0.25, -0.2) is 4.79 Å². The maximum absolute atomic E-state index is 13.0. The summed E-state index contributed by atoms with van der Waals surface area (Å²) < 4.78 is 6.16. The van der Waals surface area contributed by atoms with Gasteiger partial charge in [-0.05, 0) is 77.1 Å². The second-order valence-electron chi connectivity index (χ2n) is 9.22. The van der Waals surface area contributed by atoms with Crippen LogP contribution in [0.2, 0.25) is 0 Å². The Morgan fingerprint density at radius 3 is 2.46 bits per heavy atom. The molecule has 1 heterocycles. The summed E-state index contributed by atoms with van der Waals surface area (Å²) in [5, 5.41) is 19.8. The lowest BCUT2D eigenvalue weighted by Gasteiger charge is -2.21. The minimum atomic E-state index is -1.01. The van der Waals surface area contributed by atoms with Gasteiger partial charge in [0.15, 0.2) is 0 Å². The monoisotopic (exact) mass is 484 g/mol. The molecule has 0 saturated heterocycles. The number of nitrogens with one attached hydrogen (secondary N) is 1. The lowest BCUT2D eigenvalue weighted by atomic mass is 9.83. The van der Waals surface area contributed by atoms with Crippen molar-refractivity contribution in [2.45, 2.75) is 12.8 Å². The molecule has 0 atom stereocenters. The molecule has 2 aliphatic carbocycles. The van der Waals surface area contributed by atoms with Crippen LogP contribution in [0, 0.1) is 5.41 Å². The number of nitrogens with two attached hydrogens (primary N) is 1. The topological polar surface area (TPSA) is 100 Å². The Bertz CT molecular complexity index is 1780. The van der Waals surface area contributed by atoms with Gasteiger partial charge in [-0.15, -0.1) is 0 Å². The Kier molecular flexibility index (Phi) is 5.46. The van der Waals surface area contributed by atoms with Crippen LogP contribution in [0.3, 0.4) is 0 Å². The van der Waals surface area contributed by atoms with Crippen LogP contribution in [0.15, 0.2) is 102 Å². The number of aromatic carboxylic acids is 1. The predicted molar refractivity (Wildman–Crippen MR) is 147 cm³/mol. The van der Waals surface area contributed by atoms with Gasteiger partial charge in [0, 0.05) is 34.3 Å². The zero-order valence-electron chi connectivity index (χ0n) is 20.0. The lowest BCUT2D eigenvalue weighted by molar-refractivity contribution is 0.0698. The minimum absolute atomic E-state index is 0.225. The molecule has 0 fully saturated rings. The van der Waals surface area contributed by atoms with Gasteiger partial charge in [-0.1, -0.05) is 48.6 Å². The number of nitrogen functional groups attached to an aromatic ring is 1. The largest absolute Gasteiger partial charge is 0.478 e. The van der Waals surface area contributed by atoms with E-state index in [0.717, 1.165) is 46.1 Å². The quantitative estimate of drug-likeness (QED) is 0.183. The molecule has 0 aromatic heterocycles. The van der Waals surface area contributed by atoms with Gasteiger partial charge in [-0.3, -0.25) is 0 Å². The zero-order chi connectivity index (χ0) is 25.5. The first-order valence-electron chi connectivity index (χ1n) is 12.1. The highest BCUT2D eigenvalue weighted by Gasteiger charge is 2.26. The molecule has 3 aliphatic rings. The van der Waals surface area contributed by atoms with Crippen molar-refractivity contribution < 1.29 is 14.3 Å². The van der Waals surface area contributed by atoms with Crippen LogP contribution in [-0.2, 0) is 0 Å². The number of anilines is 1. The second-order valence-corrected chi connectivity index (χ2v) is 9.22. The van der Waals surface area contributed by atoms with E-state index in [1.807, 2.05) is 54.6 Å². The fourth-order valence-corrected chi connectivity index (χ4v) is 5.14. The molecule has 4 N–H and O–H groups in total. The van der Waals surface area contributed by atoms with Crippen molar-refractivity contribution in [1.29, 1.82) is 5.41 Å². The Labute approximate surface area is 213 Å². The predicted octanol–water partition coefficient (Wildman–Crippen LogP) is 7.36. The minimum Gasteiger partial charge on any atom is -0.478 e. The number of carboxylic acids is 1. The Morgan fingerprint density at radius 2 is 1.70 bits per heavy atom. The first-order chi connectivity index (χ1) is 18.0. The highest BCUT2D eigenvalue weighted by Crippen LogP contribution is 2.45. The molecule has 0 radical (unpaired) electrons. The molecule has 5 heteroatoms. The van der Waals surface area contributed by atoms with Crippen LogP contribution in [0.1, 0.15) is 28.8 Å². The van der Waals surface area contributed by atoms with Crippen LogP contribution >= 0.6 is 0 Å². The van der Waals surface area contributed by atoms with Crippen molar-refractivity contribution in [3.05, 3.63) is 114 Å². The number of carboxylic acid groups (broad SMARTS) is 1. The van der Waals surface area contributed by atoms with E-state index in [9.17, 15) is 9.90 Å². The molecular weight excluding hydrogens is 460 g/mol. The summed E-state index contributed by atoms with van der Waals surface area (Å²) in [6, 6.07) is 24.2. The summed E-state index contributed by atoms with van der Waals surface area (Å²) in [7, 11) is 0. The van der Waals surface area contributed by atoms with Crippen molar-refractivity contribution in [3.63, 3.8) is 0 Å². The lowest BCUT2D eigenvalue weighted by Crippen LogP contribution is -2.07. The van der Waals surface area contributed by atoms with Crippen LogP contribution in [0.25, 0.3) is 50.1 Å². The van der Waals surface area contributed by atoms with E-state index in [1.165, 1.54) is 0 Å². The summed E-state index contributed by atoms with van der Waals surface area (Å²) in [4.78, 5) is 13.0. The normalized spacial score (nSPS) is 13.1. The third-order valence-electron chi connectivity index (χ3n) is 6.84. The van der Waals surface area contributed by atoms with E-state index in [4.69, 9.17) is 15.6 Å². The van der Waals surface area contributed by atoms with Crippen molar-refractivity contribution in [1.82, 2.24) is 0 Å². The standard InChI is InChI=1S/C32H24N2O3/c33-22-11-13-24-28(17-22)37-29-18-23(34)12-14-25(29)30(24)27-16-21(19-7-3-1-4-8-19)15-26(31(27)32(35)36)20-9-5-2-6-10-20/h1-3,5-7,9-18,33H,4,8,34H2,(H,35,36). The SMILES string of the molecule is N=c1ccc2c(-c3cc(C4=CC=CCC4)cc(-c4ccccc4)c3C(=O)O)c3ccc(N)cc3oc-2c1. The van der Waals surface area contributed by atoms with E-state index >= 15 is 0 Å². The van der Waals surface area contributed by atoms with E-state index in [1.54, 1.807) is 24.3 Å². The average molecular weight is 485 g/mol. The molecule has 0 unspecified atom stereocenters. The summed E-state index contributed by atoms with van der Waals surface area (Å²) in [5.41, 5.74) is 13.1. The van der Waals surface area contributed by atoms with Crippen LogP contribution in [-0.4, -0.2) is 11.1 Å². The van der Waals surface area contributed by atoms with Gasteiger partial charge in [0.05, 0.1) is 10.9 Å². The number of fused-ring (bicyclic) bond motifs is 2. The molecule has 3 aromatic carbocycles. The van der Waals surface area contributed by atoms with Crippen molar-refractivity contribution in [2.75, 3.05) is 5.73 Å². The highest BCUT2D eigenvalue weighted by molar-refractivity contribution is 6.11. The maximum atomic E-state index is 13.0. The molecule has 5 nitrogen and oxygen atoms in total. The fraction of sp³-hybridized carbons (Fsp3) is 0.0625. The number of rotatable bonds is 4. The maximum Gasteiger partial charge on any atom is 0.336 e. The number of carbonyl (C=O) groups is 1. The highest BCUT2D eigenvalue weighted by atomic mass is 16.4. The second kappa shape index (κ2) is 8.95. The third kappa shape index (κ3) is 4.00. The van der Waals surface area contributed by atoms with E-state index in [-0.39, 0.29) is 5.56 Å².